The molecule has 13 aromatic rings. The third kappa shape index (κ3) is 4.17. The number of benzene rings is 9. The molecule has 0 unspecified atom stereocenters. The largest absolute Gasteiger partial charge is 0.456 e. The normalized spacial score (nSPS) is 12.2. The molecule has 0 fully saturated rings. The molecule has 0 aliphatic heterocycles. The Morgan fingerprint density at radius 1 is 0.368 bits per heavy atom. The molecule has 57 heavy (non-hydrogen) atoms. The van der Waals surface area contributed by atoms with Crippen LogP contribution >= 0.6 is 0 Å². The highest BCUT2D eigenvalue weighted by Crippen LogP contribution is 2.46. The van der Waals surface area contributed by atoms with Crippen molar-refractivity contribution in [2.45, 2.75) is 0 Å². The van der Waals surface area contributed by atoms with E-state index in [1.807, 2.05) is 36.4 Å². The number of para-hydroxylation sites is 5. The van der Waals surface area contributed by atoms with Crippen LogP contribution in [-0.2, 0) is 0 Å². The Balaban J connectivity index is 1.23. The van der Waals surface area contributed by atoms with E-state index in [-0.39, 0.29) is 0 Å². The van der Waals surface area contributed by atoms with Crippen molar-refractivity contribution in [1.82, 2.24) is 19.1 Å². The summed E-state index contributed by atoms with van der Waals surface area (Å²) < 4.78 is 11.3. The number of hydrogen-bond donors (Lipinski definition) is 0. The predicted octanol–water partition coefficient (Wildman–Crippen LogP) is 13.7. The van der Waals surface area contributed by atoms with Crippen LogP contribution in [0.25, 0.3) is 121 Å². The van der Waals surface area contributed by atoms with Crippen LogP contribution in [0.4, 0.5) is 0 Å². The summed E-state index contributed by atoms with van der Waals surface area (Å²) in [5, 5.41) is 11.7. The highest BCUT2D eigenvalue weighted by Gasteiger charge is 2.26. The summed E-state index contributed by atoms with van der Waals surface area (Å²) in [6.07, 6.45) is 0. The molecule has 4 heterocycles. The smallest absolute Gasteiger partial charge is 0.165 e. The van der Waals surface area contributed by atoms with E-state index in [2.05, 4.69) is 155 Å². The van der Waals surface area contributed by atoms with Gasteiger partial charge in [0.25, 0.3) is 0 Å². The molecule has 0 spiro atoms. The minimum Gasteiger partial charge on any atom is -0.456 e. The Kier molecular flexibility index (Phi) is 6.10. The van der Waals surface area contributed by atoms with Crippen LogP contribution in [0.5, 0.6) is 0 Å². The molecular formula is C52H30N4O. The highest BCUT2D eigenvalue weighted by molar-refractivity contribution is 6.25. The number of nitrogens with zero attached hydrogens (tertiary/aromatic N) is 4. The summed E-state index contributed by atoms with van der Waals surface area (Å²) >= 11 is 0. The van der Waals surface area contributed by atoms with Crippen molar-refractivity contribution in [3.8, 4) is 22.8 Å². The van der Waals surface area contributed by atoms with Gasteiger partial charge >= 0.3 is 0 Å². The van der Waals surface area contributed by atoms with E-state index in [9.17, 15) is 0 Å². The summed E-state index contributed by atoms with van der Waals surface area (Å²) in [5.74, 6) is 0.770. The van der Waals surface area contributed by atoms with Crippen LogP contribution in [0.15, 0.2) is 186 Å². The lowest BCUT2D eigenvalue weighted by atomic mass is 10.0. The molecule has 0 aliphatic carbocycles. The van der Waals surface area contributed by atoms with Crippen molar-refractivity contribution >= 4 is 98.1 Å². The molecule has 0 radical (unpaired) electrons. The van der Waals surface area contributed by atoms with Crippen LogP contribution in [-0.4, -0.2) is 19.1 Å². The van der Waals surface area contributed by atoms with E-state index < -0.39 is 0 Å². The van der Waals surface area contributed by atoms with Gasteiger partial charge in [0.05, 0.1) is 38.8 Å². The molecule has 0 atom stereocenters. The summed E-state index contributed by atoms with van der Waals surface area (Å²) in [6.45, 7) is 0. The summed E-state index contributed by atoms with van der Waals surface area (Å²) in [4.78, 5) is 11.0. The van der Waals surface area contributed by atoms with Crippen LogP contribution in [0.3, 0.4) is 0 Å². The first-order valence-electron chi connectivity index (χ1n) is 19.3. The third-order valence-corrected chi connectivity index (χ3v) is 11.9. The first-order chi connectivity index (χ1) is 28.3. The van der Waals surface area contributed by atoms with E-state index >= 15 is 0 Å². The van der Waals surface area contributed by atoms with Crippen molar-refractivity contribution in [3.63, 3.8) is 0 Å². The van der Waals surface area contributed by atoms with Crippen molar-refractivity contribution in [3.05, 3.63) is 182 Å². The van der Waals surface area contributed by atoms with Crippen molar-refractivity contribution in [2.75, 3.05) is 0 Å². The Morgan fingerprint density at radius 3 is 1.81 bits per heavy atom. The Hall–Kier alpha value is -7.76. The fourth-order valence-corrected chi connectivity index (χ4v) is 9.51. The second-order valence-electron chi connectivity index (χ2n) is 14.9. The Bertz CT molecular complexity index is 3830. The maximum atomic E-state index is 6.42. The predicted molar refractivity (Wildman–Crippen MR) is 236 cm³/mol. The Labute approximate surface area is 325 Å². The monoisotopic (exact) mass is 726 g/mol. The first-order valence-corrected chi connectivity index (χ1v) is 19.3. The standard InChI is InChI=1S/C52H30N4O/c1-3-16-33-31(14-1)28-29-43-47(33)35-18-5-10-24-41(35)55(43)51-34-17-4-2-15-32(34)30-44-49(51)36-19-6-11-25-42(36)56(44)52-50(53-39-22-8-9-23-40(39)54-52)38-21-13-27-46-48(38)37-20-7-12-26-45(37)57-46/h1-30H. The first kappa shape index (κ1) is 30.6. The third-order valence-electron chi connectivity index (χ3n) is 11.9. The SMILES string of the molecule is c1ccc2c(-n3c4ccccc4c4c5ccccc5ccc43)c3c4ccccc4n(-c4nc5ccccc5nc4-c4cccc5oc6ccccc6c45)c3cc2c1. The summed E-state index contributed by atoms with van der Waals surface area (Å²) in [6, 6.07) is 64.7. The van der Waals surface area contributed by atoms with Gasteiger partial charge in [-0.15, -0.1) is 0 Å². The maximum Gasteiger partial charge on any atom is 0.165 e. The number of hydrogen-bond acceptors (Lipinski definition) is 3. The topological polar surface area (TPSA) is 48.8 Å². The van der Waals surface area contributed by atoms with E-state index in [1.54, 1.807) is 0 Å². The molecule has 264 valence electrons. The van der Waals surface area contributed by atoms with Crippen LogP contribution in [0, 0.1) is 0 Å². The second-order valence-corrected chi connectivity index (χ2v) is 14.9. The molecular weight excluding hydrogens is 697 g/mol. The zero-order valence-corrected chi connectivity index (χ0v) is 30.5. The maximum absolute atomic E-state index is 6.42. The van der Waals surface area contributed by atoms with Gasteiger partial charge in [-0.3, -0.25) is 4.57 Å². The van der Waals surface area contributed by atoms with E-state index in [0.29, 0.717) is 0 Å². The molecule has 9 aromatic carbocycles. The van der Waals surface area contributed by atoms with Gasteiger partial charge in [-0.1, -0.05) is 133 Å². The van der Waals surface area contributed by atoms with Gasteiger partial charge in [0.1, 0.15) is 16.9 Å². The quantitative estimate of drug-likeness (QED) is 0.182. The minimum absolute atomic E-state index is 0.770. The fraction of sp³-hybridized carbons (Fsp3) is 0. The van der Waals surface area contributed by atoms with E-state index in [0.717, 1.165) is 82.9 Å². The lowest BCUT2D eigenvalue weighted by Crippen LogP contribution is -2.04. The molecule has 0 saturated heterocycles. The van der Waals surface area contributed by atoms with Crippen LogP contribution in [0.2, 0.25) is 0 Å². The summed E-state index contributed by atoms with van der Waals surface area (Å²) in [7, 11) is 0. The zero-order chi connectivity index (χ0) is 37.2. The number of rotatable bonds is 3. The highest BCUT2D eigenvalue weighted by atomic mass is 16.3. The molecule has 0 aliphatic rings. The van der Waals surface area contributed by atoms with Gasteiger partial charge in [-0.2, -0.15) is 0 Å². The molecule has 4 aromatic heterocycles. The molecule has 5 nitrogen and oxygen atoms in total. The number of furan rings is 1. The lowest BCUT2D eigenvalue weighted by Gasteiger charge is -2.17. The van der Waals surface area contributed by atoms with Crippen molar-refractivity contribution in [1.29, 1.82) is 0 Å². The molecule has 0 bridgehead atoms. The number of aromatic nitrogens is 4. The fourth-order valence-electron chi connectivity index (χ4n) is 9.51. The molecule has 5 heteroatoms. The average molecular weight is 727 g/mol. The van der Waals surface area contributed by atoms with Crippen molar-refractivity contribution < 1.29 is 4.42 Å². The van der Waals surface area contributed by atoms with Crippen molar-refractivity contribution in [2.24, 2.45) is 0 Å². The van der Waals surface area contributed by atoms with Gasteiger partial charge in [0, 0.05) is 43.3 Å². The van der Waals surface area contributed by atoms with Crippen LogP contribution in [0.1, 0.15) is 0 Å². The van der Waals surface area contributed by atoms with Gasteiger partial charge in [0.2, 0.25) is 0 Å². The van der Waals surface area contributed by atoms with Gasteiger partial charge in [-0.05, 0) is 64.7 Å². The zero-order valence-electron chi connectivity index (χ0n) is 30.5. The lowest BCUT2D eigenvalue weighted by molar-refractivity contribution is 0.669. The second kappa shape index (κ2) is 11.4. The van der Waals surface area contributed by atoms with E-state index in [1.165, 1.54) is 38.0 Å². The van der Waals surface area contributed by atoms with Gasteiger partial charge in [0.15, 0.2) is 5.82 Å². The molecule has 13 rings (SSSR count). The summed E-state index contributed by atoms with van der Waals surface area (Å²) in [5.41, 5.74) is 10.7. The molecule has 0 saturated carbocycles. The van der Waals surface area contributed by atoms with E-state index in [4.69, 9.17) is 14.4 Å². The molecule has 0 amide bonds. The van der Waals surface area contributed by atoms with Crippen LogP contribution < -0.4 is 0 Å². The van der Waals surface area contributed by atoms with Gasteiger partial charge in [-0.25, -0.2) is 9.97 Å². The number of fused-ring (bicyclic) bond motifs is 13. The molecule has 0 N–H and O–H groups in total. The average Bonchev–Trinajstić information content (AvgIpc) is 3.93. The minimum atomic E-state index is 0.770. The Morgan fingerprint density at radius 2 is 0.982 bits per heavy atom. The van der Waals surface area contributed by atoms with Gasteiger partial charge < -0.3 is 8.98 Å².